The Labute approximate surface area is 179 Å². The van der Waals surface area contributed by atoms with E-state index in [0.717, 1.165) is 5.56 Å². The molecule has 0 bridgehead atoms. The lowest BCUT2D eigenvalue weighted by Crippen LogP contribution is -2.44. The number of phenolic OH excluding ortho intramolecular Hbond substituents is 1. The number of aromatic nitrogens is 2. The zero-order chi connectivity index (χ0) is 22.8. The van der Waals surface area contributed by atoms with Crippen LogP contribution < -0.4 is 5.73 Å². The first-order valence-corrected chi connectivity index (χ1v) is 10.1. The van der Waals surface area contributed by atoms with Gasteiger partial charge in [-0.15, -0.1) is 0 Å². The van der Waals surface area contributed by atoms with E-state index in [-0.39, 0.29) is 36.9 Å². The lowest BCUT2D eigenvalue weighted by atomic mass is 9.74. The van der Waals surface area contributed by atoms with Crippen LogP contribution in [0.5, 0.6) is 5.75 Å². The van der Waals surface area contributed by atoms with Crippen LogP contribution in [0.3, 0.4) is 0 Å². The summed E-state index contributed by atoms with van der Waals surface area (Å²) in [5, 5.41) is 9.50. The fourth-order valence-corrected chi connectivity index (χ4v) is 4.28. The van der Waals surface area contributed by atoms with E-state index in [0.29, 0.717) is 6.42 Å². The zero-order valence-corrected chi connectivity index (χ0v) is 17.5. The summed E-state index contributed by atoms with van der Waals surface area (Å²) in [6.07, 6.45) is -1.25. The molecule has 1 amide bonds. The molecule has 0 saturated heterocycles. The summed E-state index contributed by atoms with van der Waals surface area (Å²) in [6, 6.07) is 7.88. The van der Waals surface area contributed by atoms with Crippen molar-refractivity contribution in [2.24, 2.45) is 17.1 Å². The van der Waals surface area contributed by atoms with Crippen LogP contribution in [0, 0.1) is 11.3 Å². The molecule has 9 heteroatoms. The Morgan fingerprint density at radius 1 is 1.19 bits per heavy atom. The van der Waals surface area contributed by atoms with Crippen molar-refractivity contribution in [1.29, 1.82) is 0 Å². The first-order chi connectivity index (χ1) is 14.5. The largest absolute Gasteiger partial charge is 0.508 e. The summed E-state index contributed by atoms with van der Waals surface area (Å²) in [6.45, 7) is 0. The van der Waals surface area contributed by atoms with Crippen molar-refractivity contribution in [2.75, 3.05) is 14.1 Å². The maximum absolute atomic E-state index is 14.1. The molecule has 1 aromatic carbocycles. The molecule has 3 atom stereocenters. The van der Waals surface area contributed by atoms with E-state index in [1.807, 2.05) is 19.0 Å². The molecule has 1 fully saturated rings. The maximum atomic E-state index is 14.1. The van der Waals surface area contributed by atoms with Crippen molar-refractivity contribution in [3.05, 3.63) is 54.1 Å². The molecule has 1 aromatic heterocycles. The van der Waals surface area contributed by atoms with E-state index in [9.17, 15) is 23.1 Å². The number of amides is 1. The molecule has 2 unspecified atom stereocenters. The lowest BCUT2D eigenvalue weighted by molar-refractivity contribution is -0.199. The van der Waals surface area contributed by atoms with E-state index in [1.54, 1.807) is 24.3 Å². The van der Waals surface area contributed by atoms with E-state index >= 15 is 0 Å². The molecule has 3 rings (SSSR count). The molecule has 0 aliphatic heterocycles. The molecule has 1 heterocycles. The number of likely N-dealkylation sites (N-methyl/N-ethyl adjacent to an activating group) is 1. The van der Waals surface area contributed by atoms with E-state index in [4.69, 9.17) is 5.73 Å². The monoisotopic (exact) mass is 436 g/mol. The number of phenols is 1. The van der Waals surface area contributed by atoms with E-state index in [1.165, 1.54) is 18.5 Å². The minimum absolute atomic E-state index is 0.00302. The predicted molar refractivity (Wildman–Crippen MR) is 109 cm³/mol. The molecule has 3 N–H and O–H groups in total. The smallest absolute Gasteiger partial charge is 0.395 e. The van der Waals surface area contributed by atoms with Crippen molar-refractivity contribution in [3.63, 3.8) is 0 Å². The van der Waals surface area contributed by atoms with Crippen molar-refractivity contribution in [1.82, 2.24) is 14.9 Å². The SMILES string of the molecule is CN(C)[C@H](Cc1ccc(O)cc1)CC(C(N)=O)C(c1ncccn1)C1(C(F)(F)F)CC1. The number of hydrogen-bond donors (Lipinski definition) is 2. The fraction of sp³-hybridized carbons (Fsp3) is 0.500. The Hall–Kier alpha value is -2.68. The number of aromatic hydroxyl groups is 1. The van der Waals surface area contributed by atoms with Gasteiger partial charge in [0.15, 0.2) is 0 Å². The van der Waals surface area contributed by atoms with Crippen molar-refractivity contribution >= 4 is 5.91 Å². The van der Waals surface area contributed by atoms with Gasteiger partial charge in [-0.3, -0.25) is 4.79 Å². The first-order valence-electron chi connectivity index (χ1n) is 10.1. The standard InChI is InChI=1S/C22H27F3N4O2/c1-29(2)15(12-14-4-6-16(30)7-5-14)13-17(19(26)31)18(20-27-10-3-11-28-20)21(8-9-21)22(23,24)25/h3-7,10-11,15,17-18,30H,8-9,12-13H2,1-2H3,(H2,26,31)/t15-,17?,18?/m1/s1. The van der Waals surface area contributed by atoms with E-state index < -0.39 is 29.3 Å². The Balaban J connectivity index is 1.96. The van der Waals surface area contributed by atoms with E-state index in [2.05, 4.69) is 9.97 Å². The number of alkyl halides is 3. The van der Waals surface area contributed by atoms with Gasteiger partial charge in [-0.05, 0) is 63.5 Å². The highest BCUT2D eigenvalue weighted by Gasteiger charge is 2.69. The molecule has 1 aliphatic carbocycles. The molecule has 31 heavy (non-hydrogen) atoms. The first kappa shape index (κ1) is 23.0. The molecule has 0 radical (unpaired) electrons. The fourth-order valence-electron chi connectivity index (χ4n) is 4.28. The highest BCUT2D eigenvalue weighted by atomic mass is 19.4. The minimum atomic E-state index is -4.49. The highest BCUT2D eigenvalue weighted by molar-refractivity contribution is 5.78. The molecule has 1 saturated carbocycles. The van der Waals surface area contributed by atoms with Crippen LogP contribution in [0.15, 0.2) is 42.7 Å². The minimum Gasteiger partial charge on any atom is -0.508 e. The van der Waals surface area contributed by atoms with Gasteiger partial charge in [-0.25, -0.2) is 9.97 Å². The molecule has 6 nitrogen and oxygen atoms in total. The highest BCUT2D eigenvalue weighted by Crippen LogP contribution is 2.67. The van der Waals surface area contributed by atoms with Crippen LogP contribution in [0.25, 0.3) is 0 Å². The average molecular weight is 436 g/mol. The molecule has 0 spiro atoms. The second-order valence-corrected chi connectivity index (χ2v) is 8.47. The van der Waals surface area contributed by atoms with Crippen LogP contribution in [-0.2, 0) is 11.2 Å². The topological polar surface area (TPSA) is 92.3 Å². The third-order valence-corrected chi connectivity index (χ3v) is 6.24. The number of carbonyl (C=O) groups excluding carboxylic acids is 1. The second kappa shape index (κ2) is 8.82. The Morgan fingerprint density at radius 3 is 2.23 bits per heavy atom. The Bertz CT molecular complexity index is 884. The summed E-state index contributed by atoms with van der Waals surface area (Å²) >= 11 is 0. The Morgan fingerprint density at radius 2 is 1.77 bits per heavy atom. The molecular weight excluding hydrogens is 409 g/mol. The van der Waals surface area contributed by atoms with Gasteiger partial charge in [-0.2, -0.15) is 13.2 Å². The third-order valence-electron chi connectivity index (χ3n) is 6.24. The van der Waals surface area contributed by atoms with Gasteiger partial charge in [-0.1, -0.05) is 12.1 Å². The average Bonchev–Trinajstić information content (AvgIpc) is 3.50. The summed E-state index contributed by atoms with van der Waals surface area (Å²) < 4.78 is 42.3. The number of carbonyl (C=O) groups is 1. The summed E-state index contributed by atoms with van der Waals surface area (Å²) in [7, 11) is 3.63. The third kappa shape index (κ3) is 4.98. The van der Waals surface area contributed by atoms with Crippen molar-refractivity contribution < 1.29 is 23.1 Å². The Kier molecular flexibility index (Phi) is 6.54. The summed E-state index contributed by atoms with van der Waals surface area (Å²) in [4.78, 5) is 22.6. The van der Waals surface area contributed by atoms with Gasteiger partial charge >= 0.3 is 6.18 Å². The number of primary amides is 1. The molecule has 1 aliphatic rings. The molecular formula is C22H27F3N4O2. The van der Waals surface area contributed by atoms with Gasteiger partial charge < -0.3 is 15.7 Å². The number of rotatable bonds is 9. The summed E-state index contributed by atoms with van der Waals surface area (Å²) in [5.41, 5.74) is 4.55. The van der Waals surface area contributed by atoms with Crippen LogP contribution in [0.1, 0.15) is 36.6 Å². The lowest BCUT2D eigenvalue weighted by Gasteiger charge is -2.36. The second-order valence-electron chi connectivity index (χ2n) is 8.47. The van der Waals surface area contributed by atoms with Crippen molar-refractivity contribution in [3.8, 4) is 5.75 Å². The van der Waals surface area contributed by atoms with Crippen LogP contribution in [0.4, 0.5) is 13.2 Å². The van der Waals surface area contributed by atoms with Gasteiger partial charge in [0.1, 0.15) is 11.6 Å². The van der Waals surface area contributed by atoms with Crippen LogP contribution in [0.2, 0.25) is 0 Å². The normalized spacial score (nSPS) is 18.4. The quantitative estimate of drug-likeness (QED) is 0.630. The number of benzene rings is 1. The number of hydrogen-bond acceptors (Lipinski definition) is 5. The zero-order valence-electron chi connectivity index (χ0n) is 17.5. The summed E-state index contributed by atoms with van der Waals surface area (Å²) in [5.74, 6) is -2.99. The van der Waals surface area contributed by atoms with Gasteiger partial charge in [0.2, 0.25) is 5.91 Å². The predicted octanol–water partition coefficient (Wildman–Crippen LogP) is 3.27. The van der Waals surface area contributed by atoms with Crippen LogP contribution >= 0.6 is 0 Å². The number of nitrogens with two attached hydrogens (primary N) is 1. The molecule has 168 valence electrons. The van der Waals surface area contributed by atoms with Gasteiger partial charge in [0, 0.05) is 30.3 Å². The number of nitrogens with zero attached hydrogens (tertiary/aromatic N) is 3. The van der Waals surface area contributed by atoms with Gasteiger partial charge in [0.05, 0.1) is 5.41 Å². The molecule has 2 aromatic rings. The van der Waals surface area contributed by atoms with Crippen molar-refractivity contribution in [2.45, 2.75) is 43.8 Å². The maximum Gasteiger partial charge on any atom is 0.395 e. The van der Waals surface area contributed by atoms with Gasteiger partial charge in [0.25, 0.3) is 0 Å². The number of halogens is 3. The van der Waals surface area contributed by atoms with Crippen LogP contribution in [-0.4, -0.2) is 52.2 Å².